The van der Waals surface area contributed by atoms with Crippen molar-refractivity contribution in [3.8, 4) is 17.2 Å². The van der Waals surface area contributed by atoms with Crippen LogP contribution in [0.25, 0.3) is 22.2 Å². The Morgan fingerprint density at radius 3 is 2.36 bits per heavy atom. The molecule has 0 aliphatic heterocycles. The molecule has 0 bridgehead atoms. The third-order valence-corrected chi connectivity index (χ3v) is 7.38. The number of ether oxygens (including phenoxy) is 1. The van der Waals surface area contributed by atoms with Crippen molar-refractivity contribution >= 4 is 23.1 Å². The average molecular weight is 533 g/mol. The number of carbonyl (C=O) groups excluding carboxylic acids is 2. The molecule has 2 N–H and O–H groups in total. The molecular formula is C30H36N4O5. The Hall–Kier alpha value is -4.06. The molecule has 39 heavy (non-hydrogen) atoms. The quantitative estimate of drug-likeness (QED) is 0.449. The van der Waals surface area contributed by atoms with Gasteiger partial charge in [-0.25, -0.2) is 9.59 Å². The molecule has 9 nitrogen and oxygen atoms in total. The zero-order valence-corrected chi connectivity index (χ0v) is 23.2. The van der Waals surface area contributed by atoms with E-state index in [0.717, 1.165) is 42.4 Å². The molecule has 0 saturated heterocycles. The van der Waals surface area contributed by atoms with Gasteiger partial charge >= 0.3 is 11.8 Å². The minimum absolute atomic E-state index is 0.0456. The van der Waals surface area contributed by atoms with Crippen LogP contribution in [0.4, 0.5) is 4.79 Å². The van der Waals surface area contributed by atoms with Gasteiger partial charge in [0.2, 0.25) is 5.91 Å². The number of rotatable bonds is 7. The molecule has 1 heterocycles. The highest BCUT2D eigenvalue weighted by Crippen LogP contribution is 2.35. The summed E-state index contributed by atoms with van der Waals surface area (Å²) in [6, 6.07) is 14.7. The third-order valence-electron chi connectivity index (χ3n) is 7.38. The fourth-order valence-corrected chi connectivity index (χ4v) is 5.18. The normalized spacial score (nSPS) is 16.3. The number of amides is 2. The second kappa shape index (κ2) is 11.0. The van der Waals surface area contributed by atoms with Gasteiger partial charge in [-0.1, -0.05) is 43.2 Å². The number of carbonyl (C=O) groups is 2. The molecule has 1 aromatic heterocycles. The fourth-order valence-electron chi connectivity index (χ4n) is 5.18. The molecule has 1 aliphatic rings. The number of nitrogens with zero attached hydrogens (tertiary/aromatic N) is 2. The SMILES string of the molecule is Cn1c(=O)oc2ccc(-c3ccc(C[C@@H](C#N)NC(=O)C(C)(NC(=O)OC(C)(C)C)C4CCCC4)cc3)cc21. The van der Waals surface area contributed by atoms with Gasteiger partial charge in [-0.3, -0.25) is 9.36 Å². The van der Waals surface area contributed by atoms with Crippen LogP contribution in [0.1, 0.15) is 58.9 Å². The topological polar surface area (TPSA) is 126 Å². The summed E-state index contributed by atoms with van der Waals surface area (Å²) < 4.78 is 12.1. The van der Waals surface area contributed by atoms with Gasteiger partial charge in [0.05, 0.1) is 11.6 Å². The maximum atomic E-state index is 13.5. The van der Waals surface area contributed by atoms with E-state index in [1.54, 1.807) is 40.8 Å². The van der Waals surface area contributed by atoms with Gasteiger partial charge in [0.1, 0.15) is 17.2 Å². The van der Waals surface area contributed by atoms with Crippen LogP contribution in [-0.4, -0.2) is 33.7 Å². The van der Waals surface area contributed by atoms with Crippen LogP contribution in [-0.2, 0) is 23.0 Å². The molecule has 1 fully saturated rings. The van der Waals surface area contributed by atoms with Crippen molar-refractivity contribution in [1.82, 2.24) is 15.2 Å². The van der Waals surface area contributed by atoms with Crippen molar-refractivity contribution in [1.29, 1.82) is 5.26 Å². The lowest BCUT2D eigenvalue weighted by molar-refractivity contribution is -0.129. The fraction of sp³-hybridized carbons (Fsp3) is 0.467. The van der Waals surface area contributed by atoms with E-state index in [9.17, 15) is 19.6 Å². The van der Waals surface area contributed by atoms with E-state index in [-0.39, 0.29) is 11.8 Å². The van der Waals surface area contributed by atoms with Crippen LogP contribution >= 0.6 is 0 Å². The molecule has 0 radical (unpaired) electrons. The van der Waals surface area contributed by atoms with Crippen molar-refractivity contribution in [3.63, 3.8) is 0 Å². The van der Waals surface area contributed by atoms with Crippen LogP contribution in [0.5, 0.6) is 0 Å². The maximum absolute atomic E-state index is 13.5. The van der Waals surface area contributed by atoms with E-state index in [1.807, 2.05) is 36.4 Å². The van der Waals surface area contributed by atoms with E-state index in [4.69, 9.17) is 9.15 Å². The van der Waals surface area contributed by atoms with Gasteiger partial charge in [-0.15, -0.1) is 0 Å². The molecule has 2 aromatic carbocycles. The van der Waals surface area contributed by atoms with Crippen molar-refractivity contribution in [3.05, 3.63) is 58.6 Å². The Kier molecular flexibility index (Phi) is 7.86. The summed E-state index contributed by atoms with van der Waals surface area (Å²) in [4.78, 5) is 37.9. The summed E-state index contributed by atoms with van der Waals surface area (Å²) in [5, 5.41) is 15.5. The summed E-state index contributed by atoms with van der Waals surface area (Å²) in [6.07, 6.45) is 3.27. The van der Waals surface area contributed by atoms with E-state index < -0.39 is 29.0 Å². The van der Waals surface area contributed by atoms with Crippen LogP contribution in [0.15, 0.2) is 51.7 Å². The summed E-state index contributed by atoms with van der Waals surface area (Å²) in [6.45, 7) is 7.04. The van der Waals surface area contributed by atoms with Gasteiger partial charge in [0.25, 0.3) is 0 Å². The molecule has 3 aromatic rings. The van der Waals surface area contributed by atoms with Crippen molar-refractivity contribution in [2.45, 2.75) is 77.0 Å². The highest BCUT2D eigenvalue weighted by Gasteiger charge is 2.45. The largest absolute Gasteiger partial charge is 0.444 e. The number of oxazole rings is 1. The highest BCUT2D eigenvalue weighted by atomic mass is 16.6. The first-order valence-corrected chi connectivity index (χ1v) is 13.3. The summed E-state index contributed by atoms with van der Waals surface area (Å²) in [7, 11) is 1.66. The third kappa shape index (κ3) is 6.33. The molecule has 4 rings (SSSR count). The standard InChI is InChI=1S/C30H36N4O5/c1-29(2,3)39-27(36)33-30(4,22-8-6-7-9-22)26(35)32-23(18-31)16-19-10-12-20(13-11-19)21-14-15-25-24(17-21)34(5)28(37)38-25/h10-15,17,22-23H,6-9,16H2,1-5H3,(H,32,35)(H,33,36)/t23-,30?/m0/s1. The number of aromatic nitrogens is 1. The Bertz CT molecular complexity index is 1450. The predicted molar refractivity (Wildman–Crippen MR) is 148 cm³/mol. The molecule has 2 amide bonds. The zero-order valence-electron chi connectivity index (χ0n) is 23.2. The van der Waals surface area contributed by atoms with E-state index >= 15 is 0 Å². The Morgan fingerprint density at radius 2 is 1.74 bits per heavy atom. The monoisotopic (exact) mass is 532 g/mol. The van der Waals surface area contributed by atoms with E-state index in [0.29, 0.717) is 17.5 Å². The summed E-state index contributed by atoms with van der Waals surface area (Å²) in [5.74, 6) is -0.842. The number of hydrogen-bond donors (Lipinski definition) is 2. The summed E-state index contributed by atoms with van der Waals surface area (Å²) >= 11 is 0. The number of fused-ring (bicyclic) bond motifs is 1. The molecule has 0 spiro atoms. The average Bonchev–Trinajstić information content (AvgIpc) is 3.51. The Balaban J connectivity index is 1.47. The molecule has 206 valence electrons. The molecular weight excluding hydrogens is 496 g/mol. The highest BCUT2D eigenvalue weighted by molar-refractivity contribution is 5.90. The van der Waals surface area contributed by atoms with Crippen molar-refractivity contribution in [2.24, 2.45) is 13.0 Å². The Morgan fingerprint density at radius 1 is 1.10 bits per heavy atom. The van der Waals surface area contributed by atoms with Gasteiger partial charge in [0.15, 0.2) is 5.58 Å². The number of nitrogens with one attached hydrogen (secondary N) is 2. The molecule has 2 atom stereocenters. The first-order valence-electron chi connectivity index (χ1n) is 13.3. The number of benzene rings is 2. The minimum atomic E-state index is -1.19. The van der Waals surface area contributed by atoms with Gasteiger partial charge in [-0.2, -0.15) is 5.26 Å². The lowest BCUT2D eigenvalue weighted by Crippen LogP contribution is -2.62. The number of alkyl carbamates (subject to hydrolysis) is 1. The van der Waals surface area contributed by atoms with Crippen LogP contribution in [0.3, 0.4) is 0 Å². The van der Waals surface area contributed by atoms with Crippen LogP contribution < -0.4 is 16.4 Å². The smallest absolute Gasteiger partial charge is 0.419 e. The summed E-state index contributed by atoms with van der Waals surface area (Å²) in [5.41, 5.74) is 2.10. The second-order valence-electron chi connectivity index (χ2n) is 11.5. The second-order valence-corrected chi connectivity index (χ2v) is 11.5. The van der Waals surface area contributed by atoms with Gasteiger partial charge < -0.3 is 19.8 Å². The minimum Gasteiger partial charge on any atom is -0.444 e. The van der Waals surface area contributed by atoms with E-state index in [2.05, 4.69) is 16.7 Å². The molecule has 1 aliphatic carbocycles. The van der Waals surface area contributed by atoms with Crippen LogP contribution in [0, 0.1) is 17.2 Å². The maximum Gasteiger partial charge on any atom is 0.419 e. The van der Waals surface area contributed by atoms with Crippen molar-refractivity contribution < 1.29 is 18.7 Å². The number of hydrogen-bond acceptors (Lipinski definition) is 6. The lowest BCUT2D eigenvalue weighted by Gasteiger charge is -2.36. The molecule has 9 heteroatoms. The van der Waals surface area contributed by atoms with Crippen LogP contribution in [0.2, 0.25) is 0 Å². The lowest BCUT2D eigenvalue weighted by atomic mass is 9.83. The first kappa shape index (κ1) is 28.0. The number of aryl methyl sites for hydroxylation is 1. The Labute approximate surface area is 228 Å². The number of nitriles is 1. The van der Waals surface area contributed by atoms with Gasteiger partial charge in [-0.05, 0) is 75.3 Å². The van der Waals surface area contributed by atoms with E-state index in [1.165, 1.54) is 4.57 Å². The molecule has 1 unspecified atom stereocenters. The van der Waals surface area contributed by atoms with Gasteiger partial charge in [0, 0.05) is 13.5 Å². The predicted octanol–water partition coefficient (Wildman–Crippen LogP) is 4.82. The molecule has 1 saturated carbocycles. The zero-order chi connectivity index (χ0) is 28.4. The van der Waals surface area contributed by atoms with Crippen molar-refractivity contribution in [2.75, 3.05) is 0 Å². The first-order chi connectivity index (χ1) is 18.4.